The number of hydrogen-bond acceptors (Lipinski definition) is 5. The van der Waals surface area contributed by atoms with Gasteiger partial charge in [-0.15, -0.1) is 0 Å². The Morgan fingerprint density at radius 1 is 1.37 bits per heavy atom. The van der Waals surface area contributed by atoms with Crippen LogP contribution in [0.1, 0.15) is 15.9 Å². The van der Waals surface area contributed by atoms with E-state index in [1.807, 2.05) is 4.89 Å². The van der Waals surface area contributed by atoms with Gasteiger partial charge in [0.15, 0.2) is 0 Å². The van der Waals surface area contributed by atoms with Crippen molar-refractivity contribution >= 4 is 16.0 Å². The van der Waals surface area contributed by atoms with Crippen LogP contribution in [0.4, 0.5) is 0 Å². The van der Waals surface area contributed by atoms with E-state index in [0.29, 0.717) is 5.56 Å². The second-order valence-electron chi connectivity index (χ2n) is 3.71. The van der Waals surface area contributed by atoms with Crippen molar-refractivity contribution in [2.24, 2.45) is 0 Å². The average molecular weight is 289 g/mol. The van der Waals surface area contributed by atoms with Gasteiger partial charge in [0, 0.05) is 7.11 Å². The van der Waals surface area contributed by atoms with Gasteiger partial charge in [0.1, 0.15) is 0 Å². The van der Waals surface area contributed by atoms with Gasteiger partial charge in [-0.3, -0.25) is 4.84 Å². The summed E-state index contributed by atoms with van der Waals surface area (Å²) in [5.41, 5.74) is 0.315. The summed E-state index contributed by atoms with van der Waals surface area (Å²) >= 11 is 0. The van der Waals surface area contributed by atoms with Gasteiger partial charge in [-0.1, -0.05) is 11.0 Å². The van der Waals surface area contributed by atoms with Crippen molar-refractivity contribution in [1.29, 1.82) is 0 Å². The fraction of sp³-hybridized carbons (Fsp3) is 0.364. The number of methoxy groups -OCH3 is 1. The Morgan fingerprint density at radius 2 is 2.05 bits per heavy atom. The van der Waals surface area contributed by atoms with Crippen molar-refractivity contribution in [3.05, 3.63) is 29.3 Å². The van der Waals surface area contributed by atoms with Crippen LogP contribution in [0, 0.1) is 6.92 Å². The fourth-order valence-electron chi connectivity index (χ4n) is 1.31. The van der Waals surface area contributed by atoms with Crippen molar-refractivity contribution < 1.29 is 27.9 Å². The van der Waals surface area contributed by atoms with Crippen molar-refractivity contribution in [3.8, 4) is 0 Å². The van der Waals surface area contributed by atoms with Crippen LogP contribution >= 0.6 is 0 Å². The van der Waals surface area contributed by atoms with E-state index in [2.05, 4.69) is 0 Å². The van der Waals surface area contributed by atoms with E-state index < -0.39 is 16.0 Å². The highest BCUT2D eigenvalue weighted by molar-refractivity contribution is 7.89. The van der Waals surface area contributed by atoms with Crippen LogP contribution in [0.25, 0.3) is 0 Å². The minimum absolute atomic E-state index is 0.0490. The number of aryl methyl sites for hydroxylation is 1. The number of carbonyl (C=O) groups is 1. The molecule has 8 heteroatoms. The van der Waals surface area contributed by atoms with Crippen molar-refractivity contribution in [3.63, 3.8) is 0 Å². The standard InChI is InChI=1S/C11H15NO6S/c1-8-3-4-9(11(13)14)7-10(8)19(15,16)12-18-6-5-17-2/h3-4,7,12H,5-6H2,1-2H3,(H,13,14). The van der Waals surface area contributed by atoms with Gasteiger partial charge in [0.05, 0.1) is 23.7 Å². The number of hydrogen-bond donors (Lipinski definition) is 2. The summed E-state index contributed by atoms with van der Waals surface area (Å²) in [6.07, 6.45) is 0. The highest BCUT2D eigenvalue weighted by Gasteiger charge is 2.19. The Hall–Kier alpha value is -1.48. The second-order valence-corrected chi connectivity index (χ2v) is 5.33. The molecule has 0 heterocycles. The lowest BCUT2D eigenvalue weighted by atomic mass is 10.1. The van der Waals surface area contributed by atoms with Gasteiger partial charge in [-0.05, 0) is 24.6 Å². The number of sulfonamides is 1. The third-order valence-electron chi connectivity index (χ3n) is 2.28. The Morgan fingerprint density at radius 3 is 2.63 bits per heavy atom. The fourth-order valence-corrected chi connectivity index (χ4v) is 2.41. The van der Waals surface area contributed by atoms with Gasteiger partial charge in [-0.25, -0.2) is 13.2 Å². The van der Waals surface area contributed by atoms with E-state index in [4.69, 9.17) is 14.7 Å². The number of aromatic carboxylic acids is 1. The molecule has 0 aliphatic heterocycles. The molecule has 0 radical (unpaired) electrons. The molecule has 0 bridgehead atoms. The van der Waals surface area contributed by atoms with E-state index in [1.165, 1.54) is 19.2 Å². The summed E-state index contributed by atoms with van der Waals surface area (Å²) in [4.78, 5) is 17.3. The van der Waals surface area contributed by atoms with Crippen LogP contribution in [0.2, 0.25) is 0 Å². The molecule has 0 fully saturated rings. The normalized spacial score (nSPS) is 11.5. The van der Waals surface area contributed by atoms with Crippen LogP contribution < -0.4 is 4.89 Å². The Bertz CT molecular complexity index is 554. The first-order valence-corrected chi connectivity index (χ1v) is 6.83. The molecule has 0 aliphatic carbocycles. The van der Waals surface area contributed by atoms with Crippen LogP contribution in [-0.2, 0) is 19.6 Å². The molecule has 1 rings (SSSR count). The minimum atomic E-state index is -3.92. The molecule has 0 amide bonds. The maximum absolute atomic E-state index is 11.9. The van der Waals surface area contributed by atoms with Gasteiger partial charge in [-0.2, -0.15) is 0 Å². The zero-order valence-electron chi connectivity index (χ0n) is 10.5. The molecule has 0 aromatic heterocycles. The van der Waals surface area contributed by atoms with Gasteiger partial charge in [0.25, 0.3) is 10.0 Å². The summed E-state index contributed by atoms with van der Waals surface area (Å²) in [5, 5.41) is 8.85. The van der Waals surface area contributed by atoms with Crippen LogP contribution in [0.15, 0.2) is 23.1 Å². The Kier molecular flexibility index (Phi) is 5.43. The number of rotatable bonds is 7. The molecule has 19 heavy (non-hydrogen) atoms. The molecular formula is C11H15NO6S. The molecule has 0 unspecified atom stereocenters. The average Bonchev–Trinajstić information content (AvgIpc) is 2.34. The summed E-state index contributed by atoms with van der Waals surface area (Å²) < 4.78 is 28.5. The summed E-state index contributed by atoms with van der Waals surface area (Å²) in [6, 6.07) is 3.84. The third-order valence-corrected chi connectivity index (χ3v) is 3.64. The molecule has 2 N–H and O–H groups in total. The predicted molar refractivity (Wildman–Crippen MR) is 66.3 cm³/mol. The minimum Gasteiger partial charge on any atom is -0.478 e. The number of ether oxygens (including phenoxy) is 1. The summed E-state index contributed by atoms with van der Waals surface area (Å²) in [5.74, 6) is -1.20. The SMILES string of the molecule is COCCONS(=O)(=O)c1cc(C(=O)O)ccc1C. The van der Waals surface area contributed by atoms with Gasteiger partial charge in [0.2, 0.25) is 0 Å². The third kappa shape index (κ3) is 4.28. The lowest BCUT2D eigenvalue weighted by Gasteiger charge is -2.10. The smallest absolute Gasteiger partial charge is 0.335 e. The predicted octanol–water partition coefficient (Wildman–Crippen LogP) is 0.550. The van der Waals surface area contributed by atoms with E-state index in [0.717, 1.165) is 6.07 Å². The van der Waals surface area contributed by atoms with Crippen LogP contribution in [0.5, 0.6) is 0 Å². The molecule has 0 aliphatic rings. The largest absolute Gasteiger partial charge is 0.478 e. The maximum atomic E-state index is 11.9. The second kappa shape index (κ2) is 6.62. The lowest BCUT2D eigenvalue weighted by Crippen LogP contribution is -2.26. The Balaban J connectivity index is 2.94. The van der Waals surface area contributed by atoms with E-state index in [9.17, 15) is 13.2 Å². The van der Waals surface area contributed by atoms with Gasteiger partial charge >= 0.3 is 5.97 Å². The monoisotopic (exact) mass is 289 g/mol. The quantitative estimate of drug-likeness (QED) is 0.561. The van der Waals surface area contributed by atoms with Crippen molar-refractivity contribution in [2.45, 2.75) is 11.8 Å². The first-order valence-electron chi connectivity index (χ1n) is 5.35. The first kappa shape index (κ1) is 15.6. The van der Waals surface area contributed by atoms with Gasteiger partial charge < -0.3 is 9.84 Å². The van der Waals surface area contributed by atoms with E-state index in [-0.39, 0.29) is 23.7 Å². The van der Waals surface area contributed by atoms with E-state index >= 15 is 0 Å². The molecule has 106 valence electrons. The molecule has 7 nitrogen and oxygen atoms in total. The zero-order valence-corrected chi connectivity index (χ0v) is 11.4. The zero-order chi connectivity index (χ0) is 14.5. The summed E-state index contributed by atoms with van der Waals surface area (Å²) in [6.45, 7) is 1.85. The molecular weight excluding hydrogens is 274 g/mol. The first-order chi connectivity index (χ1) is 8.88. The molecule has 0 spiro atoms. The topological polar surface area (TPSA) is 102 Å². The summed E-state index contributed by atoms with van der Waals surface area (Å²) in [7, 11) is -2.46. The Labute approximate surface area is 111 Å². The molecule has 0 saturated carbocycles. The lowest BCUT2D eigenvalue weighted by molar-refractivity contribution is 0.0438. The number of benzene rings is 1. The molecule has 1 aromatic rings. The van der Waals surface area contributed by atoms with Crippen LogP contribution in [0.3, 0.4) is 0 Å². The van der Waals surface area contributed by atoms with Crippen molar-refractivity contribution in [2.75, 3.05) is 20.3 Å². The number of carboxylic acid groups (broad SMARTS) is 1. The highest BCUT2D eigenvalue weighted by atomic mass is 32.2. The van der Waals surface area contributed by atoms with Crippen LogP contribution in [-0.4, -0.2) is 39.8 Å². The number of carboxylic acids is 1. The van der Waals surface area contributed by atoms with Crippen molar-refractivity contribution in [1.82, 2.24) is 4.89 Å². The molecule has 0 atom stereocenters. The van der Waals surface area contributed by atoms with E-state index in [1.54, 1.807) is 6.92 Å². The number of nitrogens with one attached hydrogen (secondary N) is 1. The maximum Gasteiger partial charge on any atom is 0.335 e. The highest BCUT2D eigenvalue weighted by Crippen LogP contribution is 2.17. The molecule has 1 aromatic carbocycles. The molecule has 0 saturated heterocycles.